The van der Waals surface area contributed by atoms with E-state index in [0.29, 0.717) is 17.8 Å². The Morgan fingerprint density at radius 3 is 2.41 bits per heavy atom. The summed E-state index contributed by atoms with van der Waals surface area (Å²) in [5.41, 5.74) is 2.75. The van der Waals surface area contributed by atoms with E-state index >= 15 is 0 Å². The molecule has 0 saturated heterocycles. The van der Waals surface area contributed by atoms with Gasteiger partial charge < -0.3 is 0 Å². The molecule has 1 aliphatic carbocycles. The van der Waals surface area contributed by atoms with Crippen LogP contribution in [-0.4, -0.2) is 9.97 Å². The van der Waals surface area contributed by atoms with Crippen molar-refractivity contribution in [2.75, 3.05) is 0 Å². The van der Waals surface area contributed by atoms with E-state index in [2.05, 4.69) is 44.6 Å². The lowest BCUT2D eigenvalue weighted by atomic mass is 9.63. The molecule has 0 fully saturated rings. The molecule has 0 bridgehead atoms. The zero-order chi connectivity index (χ0) is 12.6. The van der Waals surface area contributed by atoms with Crippen molar-refractivity contribution in [3.8, 4) is 0 Å². The summed E-state index contributed by atoms with van der Waals surface area (Å²) < 4.78 is 0. The summed E-state index contributed by atoms with van der Waals surface area (Å²) >= 11 is 0. The number of hydrogen-bond acceptors (Lipinski definition) is 2. The predicted octanol–water partition coefficient (Wildman–Crippen LogP) is 3.61. The molecule has 0 amide bonds. The summed E-state index contributed by atoms with van der Waals surface area (Å²) in [6.45, 7) is 11.6. The molecule has 1 aromatic rings. The summed E-state index contributed by atoms with van der Waals surface area (Å²) in [5, 5.41) is 0. The highest BCUT2D eigenvalue weighted by atomic mass is 14.8. The van der Waals surface area contributed by atoms with Crippen LogP contribution in [0.15, 0.2) is 12.4 Å². The maximum absolute atomic E-state index is 4.68. The average molecular weight is 232 g/mol. The van der Waals surface area contributed by atoms with E-state index in [9.17, 15) is 0 Å². The summed E-state index contributed by atoms with van der Waals surface area (Å²) in [6, 6.07) is 0. The highest BCUT2D eigenvalue weighted by Crippen LogP contribution is 2.51. The van der Waals surface area contributed by atoms with Gasteiger partial charge in [-0.2, -0.15) is 0 Å². The molecule has 1 heterocycles. The van der Waals surface area contributed by atoms with Gasteiger partial charge in [0, 0.05) is 17.8 Å². The molecular formula is C15H24N2. The van der Waals surface area contributed by atoms with Crippen LogP contribution in [0.4, 0.5) is 0 Å². The van der Waals surface area contributed by atoms with Crippen molar-refractivity contribution in [1.29, 1.82) is 0 Å². The number of aromatic nitrogens is 2. The van der Waals surface area contributed by atoms with Crippen molar-refractivity contribution in [3.63, 3.8) is 0 Å². The van der Waals surface area contributed by atoms with E-state index in [1.165, 1.54) is 17.8 Å². The molecule has 0 aromatic carbocycles. The minimum atomic E-state index is 0.234. The highest BCUT2D eigenvalue weighted by Gasteiger charge is 2.50. The lowest BCUT2D eigenvalue weighted by Gasteiger charge is -2.40. The lowest BCUT2D eigenvalue weighted by Crippen LogP contribution is -2.39. The van der Waals surface area contributed by atoms with E-state index in [1.807, 2.05) is 12.4 Å². The molecule has 2 nitrogen and oxygen atoms in total. The van der Waals surface area contributed by atoms with Gasteiger partial charge in [0.15, 0.2) is 0 Å². The molecule has 0 N–H and O–H groups in total. The van der Waals surface area contributed by atoms with Crippen LogP contribution < -0.4 is 0 Å². The molecule has 1 aliphatic rings. The fourth-order valence-corrected chi connectivity index (χ4v) is 3.84. The largest absolute Gasteiger partial charge is 0.258 e. The van der Waals surface area contributed by atoms with Crippen molar-refractivity contribution in [3.05, 3.63) is 23.8 Å². The summed E-state index contributed by atoms with van der Waals surface area (Å²) in [4.78, 5) is 9.23. The lowest BCUT2D eigenvalue weighted by molar-refractivity contribution is 0.154. The van der Waals surface area contributed by atoms with Crippen molar-refractivity contribution >= 4 is 0 Å². The third-order valence-electron chi connectivity index (χ3n) is 4.71. The number of hydrogen-bond donors (Lipinski definition) is 0. The standard InChI is InChI=1S/C15H24N2/c1-6-15(11(4)5)12(10(2)3)9-13-14(15)17-8-7-16-13/h7-8,10-12H,6,9H2,1-5H3. The second-order valence-corrected chi connectivity index (χ2v) is 5.95. The van der Waals surface area contributed by atoms with Gasteiger partial charge in [0.05, 0.1) is 11.4 Å². The van der Waals surface area contributed by atoms with Gasteiger partial charge in [-0.3, -0.25) is 9.97 Å². The van der Waals surface area contributed by atoms with E-state index in [1.54, 1.807) is 0 Å². The molecule has 2 rings (SSSR count). The smallest absolute Gasteiger partial charge is 0.0685 e. The first-order valence-electron chi connectivity index (χ1n) is 6.84. The fourth-order valence-electron chi connectivity index (χ4n) is 3.84. The maximum Gasteiger partial charge on any atom is 0.0685 e. The molecule has 17 heavy (non-hydrogen) atoms. The number of nitrogens with zero attached hydrogens (tertiary/aromatic N) is 2. The Hall–Kier alpha value is -0.920. The molecule has 1 aromatic heterocycles. The normalized spacial score (nSPS) is 27.8. The second kappa shape index (κ2) is 4.40. The molecular weight excluding hydrogens is 208 g/mol. The minimum Gasteiger partial charge on any atom is -0.258 e. The van der Waals surface area contributed by atoms with Crippen LogP contribution in [0.5, 0.6) is 0 Å². The van der Waals surface area contributed by atoms with Gasteiger partial charge in [-0.05, 0) is 30.6 Å². The number of rotatable bonds is 3. The van der Waals surface area contributed by atoms with E-state index in [-0.39, 0.29) is 5.41 Å². The molecule has 0 saturated carbocycles. The van der Waals surface area contributed by atoms with E-state index in [0.717, 1.165) is 6.42 Å². The zero-order valence-electron chi connectivity index (χ0n) is 11.7. The maximum atomic E-state index is 4.68. The first kappa shape index (κ1) is 12.5. The van der Waals surface area contributed by atoms with Crippen LogP contribution in [0, 0.1) is 17.8 Å². The molecule has 2 atom stereocenters. The first-order chi connectivity index (χ1) is 8.04. The SMILES string of the molecule is CCC1(C(C)C)c2nccnc2CC1C(C)C. The van der Waals surface area contributed by atoms with Crippen molar-refractivity contribution in [2.45, 2.75) is 52.9 Å². The Labute approximate surface area is 105 Å². The van der Waals surface area contributed by atoms with Crippen LogP contribution >= 0.6 is 0 Å². The van der Waals surface area contributed by atoms with Gasteiger partial charge in [-0.15, -0.1) is 0 Å². The summed E-state index contributed by atoms with van der Waals surface area (Å²) in [6.07, 6.45) is 5.96. The highest BCUT2D eigenvalue weighted by molar-refractivity contribution is 5.32. The van der Waals surface area contributed by atoms with Crippen molar-refractivity contribution in [2.24, 2.45) is 17.8 Å². The Morgan fingerprint density at radius 2 is 1.88 bits per heavy atom. The zero-order valence-corrected chi connectivity index (χ0v) is 11.7. The van der Waals surface area contributed by atoms with Gasteiger partial charge in [0.1, 0.15) is 0 Å². The third kappa shape index (κ3) is 1.69. The summed E-state index contributed by atoms with van der Waals surface area (Å²) in [5.74, 6) is 2.00. The van der Waals surface area contributed by atoms with Gasteiger partial charge in [-0.25, -0.2) is 0 Å². The van der Waals surface area contributed by atoms with Gasteiger partial charge in [-0.1, -0.05) is 34.6 Å². The van der Waals surface area contributed by atoms with Crippen LogP contribution in [0.3, 0.4) is 0 Å². The molecule has 0 radical (unpaired) electrons. The van der Waals surface area contributed by atoms with Crippen LogP contribution in [-0.2, 0) is 11.8 Å². The van der Waals surface area contributed by atoms with Crippen LogP contribution in [0.25, 0.3) is 0 Å². The Balaban J connectivity index is 2.57. The Bertz CT molecular complexity index is 398. The fraction of sp³-hybridized carbons (Fsp3) is 0.733. The molecule has 0 spiro atoms. The third-order valence-corrected chi connectivity index (χ3v) is 4.71. The average Bonchev–Trinajstić information content (AvgIpc) is 2.64. The first-order valence-corrected chi connectivity index (χ1v) is 6.84. The van der Waals surface area contributed by atoms with Gasteiger partial charge in [0.25, 0.3) is 0 Å². The number of fused-ring (bicyclic) bond motifs is 1. The molecule has 2 heteroatoms. The minimum absolute atomic E-state index is 0.234. The van der Waals surface area contributed by atoms with E-state index in [4.69, 9.17) is 0 Å². The van der Waals surface area contributed by atoms with Crippen LogP contribution in [0.2, 0.25) is 0 Å². The topological polar surface area (TPSA) is 25.8 Å². The molecule has 2 unspecified atom stereocenters. The van der Waals surface area contributed by atoms with E-state index < -0.39 is 0 Å². The van der Waals surface area contributed by atoms with Gasteiger partial charge >= 0.3 is 0 Å². The van der Waals surface area contributed by atoms with Gasteiger partial charge in [0.2, 0.25) is 0 Å². The monoisotopic (exact) mass is 232 g/mol. The predicted molar refractivity (Wildman–Crippen MR) is 70.9 cm³/mol. The second-order valence-electron chi connectivity index (χ2n) is 5.95. The van der Waals surface area contributed by atoms with Crippen LogP contribution in [0.1, 0.15) is 52.4 Å². The quantitative estimate of drug-likeness (QED) is 0.795. The Morgan fingerprint density at radius 1 is 1.24 bits per heavy atom. The molecule has 94 valence electrons. The Kier molecular flexibility index (Phi) is 3.24. The summed E-state index contributed by atoms with van der Waals surface area (Å²) in [7, 11) is 0. The molecule has 0 aliphatic heterocycles. The van der Waals surface area contributed by atoms with Crippen molar-refractivity contribution < 1.29 is 0 Å². The van der Waals surface area contributed by atoms with Crippen molar-refractivity contribution in [1.82, 2.24) is 9.97 Å².